The summed E-state index contributed by atoms with van der Waals surface area (Å²) in [6.07, 6.45) is 0. The molecule has 0 saturated heterocycles. The highest BCUT2D eigenvalue weighted by Crippen LogP contribution is 2.26. The molecule has 122 valence electrons. The maximum atomic E-state index is 12.2. The number of ether oxygens (including phenoxy) is 1. The van der Waals surface area contributed by atoms with E-state index in [-0.39, 0.29) is 11.2 Å². The summed E-state index contributed by atoms with van der Waals surface area (Å²) < 4.78 is 6.51. The highest BCUT2D eigenvalue weighted by atomic mass is 32.2. The number of nitrogens with one attached hydrogen (secondary N) is 1. The van der Waals surface area contributed by atoms with Crippen molar-refractivity contribution in [2.45, 2.75) is 16.5 Å². The minimum absolute atomic E-state index is 0.0769. The van der Waals surface area contributed by atoms with Crippen molar-refractivity contribution in [1.29, 1.82) is 0 Å². The third-order valence-electron chi connectivity index (χ3n) is 3.09. The van der Waals surface area contributed by atoms with E-state index in [2.05, 4.69) is 15.5 Å². The van der Waals surface area contributed by atoms with Crippen molar-refractivity contribution in [3.05, 3.63) is 60.1 Å². The average Bonchev–Trinajstić information content (AvgIpc) is 3.10. The second-order valence-corrected chi connectivity index (χ2v) is 7.31. The van der Waals surface area contributed by atoms with Crippen LogP contribution in [0.4, 0.5) is 5.69 Å². The van der Waals surface area contributed by atoms with E-state index in [0.29, 0.717) is 0 Å². The van der Waals surface area contributed by atoms with Crippen LogP contribution in [0.3, 0.4) is 0 Å². The Morgan fingerprint density at radius 3 is 2.50 bits per heavy atom. The number of para-hydroxylation sites is 1. The van der Waals surface area contributed by atoms with Crippen LogP contribution in [-0.4, -0.2) is 21.4 Å². The average molecular weight is 357 g/mol. The van der Waals surface area contributed by atoms with Gasteiger partial charge >= 0.3 is 0 Å². The van der Waals surface area contributed by atoms with Gasteiger partial charge in [-0.3, -0.25) is 4.79 Å². The molecule has 7 heteroatoms. The van der Waals surface area contributed by atoms with Gasteiger partial charge in [-0.2, -0.15) is 0 Å². The van der Waals surface area contributed by atoms with Gasteiger partial charge in [0.1, 0.15) is 17.0 Å². The topological polar surface area (TPSA) is 64.1 Å². The molecule has 0 spiro atoms. The molecule has 1 atom stereocenters. The van der Waals surface area contributed by atoms with Crippen LogP contribution < -0.4 is 10.1 Å². The SMILES string of the molecule is C[C@H](Sc1nncs1)C(=O)Nc1ccc(Oc2ccccc2)cc1. The number of hydrogen-bond acceptors (Lipinski definition) is 6. The lowest BCUT2D eigenvalue weighted by molar-refractivity contribution is -0.115. The number of benzene rings is 2. The number of aromatic nitrogens is 2. The Hall–Kier alpha value is -2.38. The molecule has 0 unspecified atom stereocenters. The number of carbonyl (C=O) groups excluding carboxylic acids is 1. The molecule has 0 bridgehead atoms. The molecule has 1 amide bonds. The van der Waals surface area contributed by atoms with Gasteiger partial charge in [0.2, 0.25) is 5.91 Å². The van der Waals surface area contributed by atoms with E-state index in [4.69, 9.17) is 4.74 Å². The predicted octanol–water partition coefficient (Wildman–Crippen LogP) is 4.45. The zero-order valence-corrected chi connectivity index (χ0v) is 14.5. The largest absolute Gasteiger partial charge is 0.457 e. The molecule has 5 nitrogen and oxygen atoms in total. The monoisotopic (exact) mass is 357 g/mol. The zero-order valence-electron chi connectivity index (χ0n) is 12.9. The van der Waals surface area contributed by atoms with Crippen molar-refractivity contribution in [1.82, 2.24) is 10.2 Å². The number of rotatable bonds is 6. The molecule has 0 aliphatic carbocycles. The minimum Gasteiger partial charge on any atom is -0.457 e. The van der Waals surface area contributed by atoms with Crippen LogP contribution in [0.15, 0.2) is 64.4 Å². The predicted molar refractivity (Wildman–Crippen MR) is 96.8 cm³/mol. The van der Waals surface area contributed by atoms with Crippen LogP contribution in [0.25, 0.3) is 0 Å². The molecule has 2 aromatic carbocycles. The maximum absolute atomic E-state index is 12.2. The summed E-state index contributed by atoms with van der Waals surface area (Å²) in [5, 5.41) is 10.3. The molecule has 0 aliphatic heterocycles. The fraction of sp³-hybridized carbons (Fsp3) is 0.118. The van der Waals surface area contributed by atoms with Crippen molar-refractivity contribution in [3.8, 4) is 11.5 Å². The molecule has 3 rings (SSSR count). The Morgan fingerprint density at radius 2 is 1.83 bits per heavy atom. The first-order chi connectivity index (χ1) is 11.7. The number of amides is 1. The molecule has 3 aromatic rings. The number of thioether (sulfide) groups is 1. The van der Waals surface area contributed by atoms with E-state index in [1.54, 1.807) is 5.51 Å². The summed E-state index contributed by atoms with van der Waals surface area (Å²) >= 11 is 2.81. The highest BCUT2D eigenvalue weighted by molar-refractivity contribution is 8.02. The lowest BCUT2D eigenvalue weighted by Gasteiger charge is -2.11. The van der Waals surface area contributed by atoms with Gasteiger partial charge in [0, 0.05) is 5.69 Å². The van der Waals surface area contributed by atoms with E-state index in [0.717, 1.165) is 21.5 Å². The van der Waals surface area contributed by atoms with Crippen LogP contribution in [0.1, 0.15) is 6.92 Å². The molecule has 1 N–H and O–H groups in total. The lowest BCUT2D eigenvalue weighted by Crippen LogP contribution is -2.22. The van der Waals surface area contributed by atoms with Gasteiger partial charge in [-0.25, -0.2) is 0 Å². The van der Waals surface area contributed by atoms with Gasteiger partial charge in [-0.05, 0) is 43.3 Å². The molecular formula is C17H15N3O2S2. The standard InChI is InChI=1S/C17H15N3O2S2/c1-12(24-17-20-18-11-23-17)16(21)19-13-7-9-15(10-8-13)22-14-5-3-2-4-6-14/h2-12H,1H3,(H,19,21)/t12-/m0/s1. The smallest absolute Gasteiger partial charge is 0.237 e. The number of nitrogens with zero attached hydrogens (tertiary/aromatic N) is 2. The first kappa shape index (κ1) is 16.5. The molecule has 0 fully saturated rings. The molecular weight excluding hydrogens is 342 g/mol. The molecule has 1 heterocycles. The van der Waals surface area contributed by atoms with Gasteiger partial charge in [0.05, 0.1) is 5.25 Å². The Balaban J connectivity index is 1.56. The third-order valence-corrected chi connectivity index (χ3v) is 5.00. The Morgan fingerprint density at radius 1 is 1.12 bits per heavy atom. The Kier molecular flexibility index (Phi) is 5.45. The molecule has 0 aliphatic rings. The van der Waals surface area contributed by atoms with Crippen LogP contribution in [-0.2, 0) is 4.79 Å². The summed E-state index contributed by atoms with van der Waals surface area (Å²) in [6, 6.07) is 16.8. The first-order valence-corrected chi connectivity index (χ1v) is 9.03. The molecule has 0 radical (unpaired) electrons. The van der Waals surface area contributed by atoms with Crippen LogP contribution in [0, 0.1) is 0 Å². The van der Waals surface area contributed by atoms with Gasteiger partial charge in [0.15, 0.2) is 4.34 Å². The summed E-state index contributed by atoms with van der Waals surface area (Å²) in [4.78, 5) is 12.2. The molecule has 0 saturated carbocycles. The normalized spacial score (nSPS) is 11.7. The van der Waals surface area contributed by atoms with Crippen molar-refractivity contribution in [2.24, 2.45) is 0 Å². The first-order valence-electron chi connectivity index (χ1n) is 7.27. The van der Waals surface area contributed by atoms with Gasteiger partial charge in [-0.15, -0.1) is 10.2 Å². The van der Waals surface area contributed by atoms with Gasteiger partial charge < -0.3 is 10.1 Å². The second kappa shape index (κ2) is 7.94. The van der Waals surface area contributed by atoms with E-state index in [1.807, 2.05) is 61.5 Å². The van der Waals surface area contributed by atoms with Crippen LogP contribution in [0.2, 0.25) is 0 Å². The zero-order chi connectivity index (χ0) is 16.8. The summed E-state index contributed by atoms with van der Waals surface area (Å²) in [5.74, 6) is 1.42. The second-order valence-electron chi connectivity index (χ2n) is 4.89. The van der Waals surface area contributed by atoms with Crippen LogP contribution in [0.5, 0.6) is 11.5 Å². The minimum atomic E-state index is -0.252. The van der Waals surface area contributed by atoms with Crippen molar-refractivity contribution < 1.29 is 9.53 Å². The third kappa shape index (κ3) is 4.56. The van der Waals surface area contributed by atoms with E-state index in [9.17, 15) is 4.79 Å². The van der Waals surface area contributed by atoms with Gasteiger partial charge in [0.25, 0.3) is 0 Å². The van der Waals surface area contributed by atoms with E-state index >= 15 is 0 Å². The van der Waals surface area contributed by atoms with E-state index in [1.165, 1.54) is 23.1 Å². The van der Waals surface area contributed by atoms with Crippen molar-refractivity contribution >= 4 is 34.7 Å². The highest BCUT2D eigenvalue weighted by Gasteiger charge is 2.16. The van der Waals surface area contributed by atoms with Crippen molar-refractivity contribution in [2.75, 3.05) is 5.32 Å². The van der Waals surface area contributed by atoms with Gasteiger partial charge in [-0.1, -0.05) is 41.3 Å². The van der Waals surface area contributed by atoms with Crippen molar-refractivity contribution in [3.63, 3.8) is 0 Å². The quantitative estimate of drug-likeness (QED) is 0.660. The summed E-state index contributed by atoms with van der Waals surface area (Å²) in [7, 11) is 0. The molecule has 24 heavy (non-hydrogen) atoms. The van der Waals surface area contributed by atoms with E-state index < -0.39 is 0 Å². The van der Waals surface area contributed by atoms with Crippen LogP contribution >= 0.6 is 23.1 Å². The summed E-state index contributed by atoms with van der Waals surface area (Å²) in [5.41, 5.74) is 2.38. The lowest BCUT2D eigenvalue weighted by atomic mass is 10.3. The summed E-state index contributed by atoms with van der Waals surface area (Å²) in [6.45, 7) is 1.84. The molecule has 1 aromatic heterocycles. The Labute approximate surface area is 148 Å². The Bertz CT molecular complexity index is 777. The fourth-order valence-corrected chi connectivity index (χ4v) is 3.52. The fourth-order valence-electron chi connectivity index (χ4n) is 1.89. The number of anilines is 1. The maximum Gasteiger partial charge on any atom is 0.237 e. The number of hydrogen-bond donors (Lipinski definition) is 1. The number of carbonyl (C=O) groups is 1.